The van der Waals surface area contributed by atoms with E-state index >= 15 is 0 Å². The maximum Gasteiger partial charge on any atom is 0.123 e. The van der Waals surface area contributed by atoms with Gasteiger partial charge < -0.3 is 5.11 Å². The van der Waals surface area contributed by atoms with Crippen LogP contribution in [0.25, 0.3) is 10.8 Å². The van der Waals surface area contributed by atoms with E-state index in [1.54, 1.807) is 0 Å². The van der Waals surface area contributed by atoms with Crippen molar-refractivity contribution in [3.05, 3.63) is 71.3 Å². The van der Waals surface area contributed by atoms with E-state index in [4.69, 9.17) is 4.99 Å². The second-order valence-corrected chi connectivity index (χ2v) is 18.7. The Balaban J connectivity index is 2.11. The number of fused-ring (bicyclic) bond motifs is 1. The third-order valence-corrected chi connectivity index (χ3v) is 11.9. The molecular formula is C36H50NOP. The van der Waals surface area contributed by atoms with Gasteiger partial charge in [-0.25, -0.2) is 0 Å². The minimum Gasteiger partial charge on any atom is -0.507 e. The molecule has 39 heavy (non-hydrogen) atoms. The highest BCUT2D eigenvalue weighted by atomic mass is 31.1. The Morgan fingerprint density at radius 1 is 0.744 bits per heavy atom. The van der Waals surface area contributed by atoms with Gasteiger partial charge in [0.05, 0.1) is 11.1 Å². The van der Waals surface area contributed by atoms with E-state index in [9.17, 15) is 5.11 Å². The number of nitrogens with zero attached hydrogens (tertiary/aromatic N) is 1. The van der Waals surface area contributed by atoms with Crippen molar-refractivity contribution >= 4 is 29.8 Å². The first-order chi connectivity index (χ1) is 17.8. The van der Waals surface area contributed by atoms with Crippen LogP contribution < -0.4 is 0 Å². The maximum absolute atomic E-state index is 12.2. The normalized spacial score (nSPS) is 22.2. The number of benzene rings is 3. The first-order valence-electron chi connectivity index (χ1n) is 14.5. The van der Waals surface area contributed by atoms with Gasteiger partial charge in [-0.1, -0.05) is 133 Å². The zero-order chi connectivity index (χ0) is 29.2. The van der Waals surface area contributed by atoms with Crippen molar-refractivity contribution in [3.8, 4) is 5.75 Å². The average molecular weight is 544 g/mol. The second-order valence-electron chi connectivity index (χ2n) is 15.6. The summed E-state index contributed by atoms with van der Waals surface area (Å²) in [6.07, 6.45) is 2.11. The Hall–Kier alpha value is -2.18. The summed E-state index contributed by atoms with van der Waals surface area (Å²) >= 11 is 0. The zero-order valence-electron chi connectivity index (χ0n) is 26.5. The summed E-state index contributed by atoms with van der Waals surface area (Å²) in [5, 5.41) is 14.7. The van der Waals surface area contributed by atoms with Crippen molar-refractivity contribution in [1.29, 1.82) is 0 Å². The SMILES string of the molecule is CC(C)(C)c1cc(C(C)(C)C)c(O)c(C2(C(C)(C)C)CCP(C(C)(C)C)C2=Nc2ccc3ccccc3c2)c1. The summed E-state index contributed by atoms with van der Waals surface area (Å²) in [5.41, 5.74) is 4.95. The van der Waals surface area contributed by atoms with Gasteiger partial charge in [-0.3, -0.25) is 4.99 Å². The van der Waals surface area contributed by atoms with Gasteiger partial charge in [0.25, 0.3) is 0 Å². The number of hydrogen-bond acceptors (Lipinski definition) is 2. The lowest BCUT2D eigenvalue weighted by Gasteiger charge is -2.46. The molecule has 0 amide bonds. The molecule has 1 aliphatic rings. The molecule has 3 heteroatoms. The van der Waals surface area contributed by atoms with Crippen LogP contribution in [-0.2, 0) is 16.2 Å². The van der Waals surface area contributed by atoms with Crippen LogP contribution in [0.3, 0.4) is 0 Å². The first-order valence-corrected chi connectivity index (χ1v) is 16.0. The molecule has 0 radical (unpaired) electrons. The molecule has 0 aromatic heterocycles. The van der Waals surface area contributed by atoms with Gasteiger partial charge >= 0.3 is 0 Å². The van der Waals surface area contributed by atoms with E-state index in [-0.39, 0.29) is 26.8 Å². The molecule has 2 nitrogen and oxygen atoms in total. The summed E-state index contributed by atoms with van der Waals surface area (Å²) in [6, 6.07) is 19.7. The lowest BCUT2D eigenvalue weighted by Crippen LogP contribution is -2.44. The molecule has 3 aromatic rings. The maximum atomic E-state index is 12.2. The van der Waals surface area contributed by atoms with Crippen LogP contribution in [-0.4, -0.2) is 21.9 Å². The molecule has 0 bridgehead atoms. The summed E-state index contributed by atoms with van der Waals surface area (Å²) < 4.78 is 0. The van der Waals surface area contributed by atoms with E-state index in [0.29, 0.717) is 5.75 Å². The molecule has 1 N–H and O–H groups in total. The Kier molecular flexibility index (Phi) is 7.43. The third-order valence-electron chi connectivity index (χ3n) is 8.65. The smallest absolute Gasteiger partial charge is 0.123 e. The molecule has 1 heterocycles. The van der Waals surface area contributed by atoms with Crippen molar-refractivity contribution in [1.82, 2.24) is 0 Å². The van der Waals surface area contributed by atoms with Gasteiger partial charge in [0, 0.05) is 11.0 Å². The average Bonchev–Trinajstić information content (AvgIpc) is 3.18. The molecule has 0 saturated carbocycles. The minimum atomic E-state index is -0.541. The summed E-state index contributed by atoms with van der Waals surface area (Å²) in [4.78, 5) is 5.61. The molecular weight excluding hydrogens is 493 g/mol. The number of phenolic OH excluding ortho intramolecular Hbond substituents is 1. The number of aromatic hydroxyl groups is 1. The highest BCUT2D eigenvalue weighted by Gasteiger charge is 2.57. The van der Waals surface area contributed by atoms with Crippen molar-refractivity contribution in [2.45, 2.75) is 111 Å². The third kappa shape index (κ3) is 5.44. The molecule has 0 spiro atoms. The Morgan fingerprint density at radius 2 is 1.36 bits per heavy atom. The molecule has 2 atom stereocenters. The standard InChI is InChI=1S/C36H50NOP/c1-32(2,3)26-22-28(33(4,5)6)30(38)29(23-26)36(34(7,8)9)19-20-39(35(10,11)12)31(36)37-27-18-17-24-15-13-14-16-25(24)21-27/h13-18,21-23,38H,19-20H2,1-12H3. The lowest BCUT2D eigenvalue weighted by atomic mass is 9.60. The van der Waals surface area contributed by atoms with Gasteiger partial charge in [0.15, 0.2) is 0 Å². The molecule has 2 unspecified atom stereocenters. The van der Waals surface area contributed by atoms with Gasteiger partial charge in [-0.15, -0.1) is 0 Å². The van der Waals surface area contributed by atoms with Crippen molar-refractivity contribution in [2.75, 3.05) is 6.16 Å². The molecule has 4 rings (SSSR count). The Morgan fingerprint density at radius 3 is 1.90 bits per heavy atom. The second kappa shape index (κ2) is 9.73. The van der Waals surface area contributed by atoms with Crippen LogP contribution in [0.15, 0.2) is 59.6 Å². The fourth-order valence-electron chi connectivity index (χ4n) is 6.24. The lowest BCUT2D eigenvalue weighted by molar-refractivity contribution is 0.251. The van der Waals surface area contributed by atoms with E-state index in [0.717, 1.165) is 29.4 Å². The van der Waals surface area contributed by atoms with Crippen LogP contribution >= 0.6 is 7.92 Å². The number of phenols is 1. The molecule has 1 fully saturated rings. The van der Waals surface area contributed by atoms with E-state index in [1.165, 1.54) is 21.8 Å². The van der Waals surface area contributed by atoms with Crippen LogP contribution in [0.2, 0.25) is 0 Å². The summed E-state index contributed by atoms with van der Waals surface area (Å²) in [5.74, 6) is 0.461. The first kappa shape index (κ1) is 29.8. The molecule has 0 aliphatic carbocycles. The molecule has 210 valence electrons. The van der Waals surface area contributed by atoms with Crippen molar-refractivity contribution in [3.63, 3.8) is 0 Å². The number of hydrogen-bond donors (Lipinski definition) is 1. The highest BCUT2D eigenvalue weighted by Crippen LogP contribution is 2.68. The largest absolute Gasteiger partial charge is 0.507 e. The molecule has 1 aliphatic heterocycles. The van der Waals surface area contributed by atoms with E-state index in [2.05, 4.69) is 138 Å². The van der Waals surface area contributed by atoms with Crippen LogP contribution in [0.4, 0.5) is 5.69 Å². The van der Waals surface area contributed by atoms with Crippen LogP contribution in [0.5, 0.6) is 5.75 Å². The van der Waals surface area contributed by atoms with Crippen LogP contribution in [0, 0.1) is 5.41 Å². The summed E-state index contributed by atoms with van der Waals surface area (Å²) in [7, 11) is -0.541. The van der Waals surface area contributed by atoms with Crippen molar-refractivity contribution in [2.24, 2.45) is 10.4 Å². The van der Waals surface area contributed by atoms with Gasteiger partial charge in [-0.05, 0) is 68.0 Å². The quantitative estimate of drug-likeness (QED) is 0.320. The van der Waals surface area contributed by atoms with Crippen LogP contribution in [0.1, 0.15) is 106 Å². The topological polar surface area (TPSA) is 32.6 Å². The van der Waals surface area contributed by atoms with E-state index < -0.39 is 7.92 Å². The molecule has 1 saturated heterocycles. The fourth-order valence-corrected chi connectivity index (χ4v) is 9.58. The zero-order valence-corrected chi connectivity index (χ0v) is 27.3. The van der Waals surface area contributed by atoms with Gasteiger partial charge in [-0.2, -0.15) is 0 Å². The minimum absolute atomic E-state index is 0.0372. The highest BCUT2D eigenvalue weighted by molar-refractivity contribution is 7.77. The number of rotatable bonds is 2. The van der Waals surface area contributed by atoms with Crippen molar-refractivity contribution < 1.29 is 5.11 Å². The molecule has 3 aromatic carbocycles. The predicted octanol–water partition coefficient (Wildman–Crippen LogP) is 10.8. The van der Waals surface area contributed by atoms with E-state index in [1.807, 2.05) is 0 Å². The monoisotopic (exact) mass is 543 g/mol. The Bertz CT molecular complexity index is 1410. The Labute approximate surface area is 239 Å². The predicted molar refractivity (Wildman–Crippen MR) is 174 cm³/mol. The van der Waals surface area contributed by atoms with Gasteiger partial charge in [0.2, 0.25) is 0 Å². The summed E-state index contributed by atoms with van der Waals surface area (Å²) in [6.45, 7) is 27.6. The van der Waals surface area contributed by atoms with Gasteiger partial charge in [0.1, 0.15) is 5.75 Å². The number of aliphatic imine (C=N–C) groups is 1. The fraction of sp³-hybridized carbons (Fsp3) is 0.528.